The van der Waals surface area contributed by atoms with Crippen LogP contribution in [0.4, 0.5) is 5.69 Å². The minimum atomic E-state index is -0.463. The van der Waals surface area contributed by atoms with Crippen LogP contribution in [0.3, 0.4) is 0 Å². The van der Waals surface area contributed by atoms with Crippen molar-refractivity contribution >= 4 is 44.6 Å². The summed E-state index contributed by atoms with van der Waals surface area (Å²) in [5.74, 6) is 0. The molecule has 3 aromatic rings. The zero-order valence-corrected chi connectivity index (χ0v) is 15.1. The van der Waals surface area contributed by atoms with Crippen LogP contribution in [0.1, 0.15) is 10.6 Å². The van der Waals surface area contributed by atoms with E-state index in [2.05, 4.69) is 27.0 Å². The number of allylic oxidation sites excluding steroid dienone is 1. The van der Waals surface area contributed by atoms with Gasteiger partial charge in [0.25, 0.3) is 5.69 Å². The lowest BCUT2D eigenvalue weighted by Crippen LogP contribution is -1.91. The van der Waals surface area contributed by atoms with Crippen molar-refractivity contribution in [3.63, 3.8) is 0 Å². The maximum absolute atomic E-state index is 11.1. The average molecular weight is 412 g/mol. The molecule has 1 heterocycles. The monoisotopic (exact) mass is 411 g/mol. The summed E-state index contributed by atoms with van der Waals surface area (Å²) < 4.78 is 0.940. The maximum atomic E-state index is 11.1. The summed E-state index contributed by atoms with van der Waals surface area (Å²) in [7, 11) is 0. The molecule has 0 spiro atoms. The first kappa shape index (κ1) is 17.0. The summed E-state index contributed by atoms with van der Waals surface area (Å²) in [4.78, 5) is 15.2. The first-order chi connectivity index (χ1) is 12.1. The molecule has 0 unspecified atom stereocenters. The van der Waals surface area contributed by atoms with E-state index in [1.54, 1.807) is 18.2 Å². The Bertz CT molecular complexity index is 1020. The van der Waals surface area contributed by atoms with Crippen molar-refractivity contribution in [2.24, 2.45) is 0 Å². The predicted octanol–water partition coefficient (Wildman–Crippen LogP) is 5.54. The molecular weight excluding hydrogens is 402 g/mol. The van der Waals surface area contributed by atoms with Crippen LogP contribution in [0.2, 0.25) is 0 Å². The number of thiazole rings is 1. The van der Waals surface area contributed by atoms with Gasteiger partial charge in [0.05, 0.1) is 21.8 Å². The van der Waals surface area contributed by atoms with E-state index in [0.717, 1.165) is 15.7 Å². The molecule has 0 saturated carbocycles. The van der Waals surface area contributed by atoms with E-state index in [0.29, 0.717) is 16.1 Å². The quantitative estimate of drug-likeness (QED) is 0.320. The van der Waals surface area contributed by atoms with Gasteiger partial charge in [-0.15, -0.1) is 11.3 Å². The Morgan fingerprint density at radius 1 is 1.28 bits per heavy atom. The van der Waals surface area contributed by atoms with Crippen LogP contribution in [0.5, 0.6) is 0 Å². The van der Waals surface area contributed by atoms with Gasteiger partial charge in [-0.2, -0.15) is 5.26 Å². The van der Waals surface area contributed by atoms with Gasteiger partial charge in [0.15, 0.2) is 0 Å². The molecule has 0 fully saturated rings. The largest absolute Gasteiger partial charge is 0.276 e. The van der Waals surface area contributed by atoms with Crippen LogP contribution in [0, 0.1) is 21.4 Å². The molecule has 122 valence electrons. The summed E-state index contributed by atoms with van der Waals surface area (Å²) in [6, 6.07) is 16.1. The zero-order valence-electron chi connectivity index (χ0n) is 12.7. The number of nitriles is 1. The van der Waals surface area contributed by atoms with Gasteiger partial charge in [0, 0.05) is 21.5 Å². The molecule has 0 atom stereocenters. The molecule has 0 saturated heterocycles. The molecule has 3 rings (SSSR count). The molecule has 2 aromatic carbocycles. The van der Waals surface area contributed by atoms with Crippen LogP contribution in [-0.4, -0.2) is 9.91 Å². The fraction of sp³-hybridized carbons (Fsp3) is 0. The molecule has 5 nitrogen and oxygen atoms in total. The Morgan fingerprint density at radius 2 is 2.08 bits per heavy atom. The Kier molecular flexibility index (Phi) is 5.03. The number of nitro benzene ring substituents is 1. The average Bonchev–Trinajstić information content (AvgIpc) is 3.10. The molecule has 0 N–H and O–H groups in total. The lowest BCUT2D eigenvalue weighted by Gasteiger charge is -1.99. The van der Waals surface area contributed by atoms with Crippen molar-refractivity contribution in [2.45, 2.75) is 0 Å². The number of benzene rings is 2. The van der Waals surface area contributed by atoms with Gasteiger partial charge in [-0.05, 0) is 24.3 Å². The van der Waals surface area contributed by atoms with Crippen molar-refractivity contribution in [3.8, 4) is 17.3 Å². The van der Waals surface area contributed by atoms with E-state index >= 15 is 0 Å². The van der Waals surface area contributed by atoms with Gasteiger partial charge in [-0.25, -0.2) is 4.98 Å². The number of aromatic nitrogens is 1. The first-order valence-corrected chi connectivity index (χ1v) is 8.83. The zero-order chi connectivity index (χ0) is 17.8. The van der Waals surface area contributed by atoms with Crippen molar-refractivity contribution in [1.29, 1.82) is 5.26 Å². The van der Waals surface area contributed by atoms with E-state index in [4.69, 9.17) is 0 Å². The van der Waals surface area contributed by atoms with Gasteiger partial charge in [-0.1, -0.05) is 40.2 Å². The third-order valence-electron chi connectivity index (χ3n) is 3.41. The molecule has 7 heteroatoms. The summed E-state index contributed by atoms with van der Waals surface area (Å²) in [6.07, 6.45) is 1.50. The van der Waals surface area contributed by atoms with Crippen molar-refractivity contribution in [3.05, 3.63) is 79.1 Å². The Labute approximate surface area is 156 Å². The number of nitrogens with zero attached hydrogens (tertiary/aromatic N) is 3. The standard InChI is InChI=1S/C18H10BrN3O2S/c19-15-6-3-5-12(9-15)16-11-25-18(21-16)14(10-20)8-13-4-1-2-7-17(13)22(23)24/h1-9,11H. The second-order valence-corrected chi connectivity index (χ2v) is 6.81. The molecule has 0 amide bonds. The summed E-state index contributed by atoms with van der Waals surface area (Å²) in [5, 5.41) is 23.0. The van der Waals surface area contributed by atoms with E-state index in [1.807, 2.05) is 29.6 Å². The van der Waals surface area contributed by atoms with E-state index in [1.165, 1.54) is 23.5 Å². The number of hydrogen-bond donors (Lipinski definition) is 0. The molecular formula is C18H10BrN3O2S. The first-order valence-electron chi connectivity index (χ1n) is 7.15. The molecule has 0 aliphatic heterocycles. The highest BCUT2D eigenvalue weighted by molar-refractivity contribution is 9.10. The molecule has 0 radical (unpaired) electrons. The van der Waals surface area contributed by atoms with Gasteiger partial charge < -0.3 is 0 Å². The second-order valence-electron chi connectivity index (χ2n) is 5.03. The van der Waals surface area contributed by atoms with Crippen LogP contribution in [0.25, 0.3) is 22.9 Å². The number of para-hydroxylation sites is 1. The molecule has 25 heavy (non-hydrogen) atoms. The minimum absolute atomic E-state index is 0.0426. The SMILES string of the molecule is N#CC(=Cc1ccccc1[N+](=O)[O-])c1nc(-c2cccc(Br)c2)cs1. The minimum Gasteiger partial charge on any atom is -0.258 e. The normalized spacial score (nSPS) is 11.1. The highest BCUT2D eigenvalue weighted by Crippen LogP contribution is 2.30. The van der Waals surface area contributed by atoms with Gasteiger partial charge >= 0.3 is 0 Å². The van der Waals surface area contributed by atoms with Crippen molar-refractivity contribution in [2.75, 3.05) is 0 Å². The summed E-state index contributed by atoms with van der Waals surface area (Å²) in [6.45, 7) is 0. The molecule has 0 bridgehead atoms. The highest BCUT2D eigenvalue weighted by atomic mass is 79.9. The number of rotatable bonds is 4. The Hall–Kier alpha value is -2.82. The van der Waals surface area contributed by atoms with E-state index in [9.17, 15) is 15.4 Å². The predicted molar refractivity (Wildman–Crippen MR) is 102 cm³/mol. The Balaban J connectivity index is 2.01. The van der Waals surface area contributed by atoms with Gasteiger partial charge in [0.2, 0.25) is 0 Å². The third kappa shape index (κ3) is 3.82. The molecule has 0 aliphatic carbocycles. The topological polar surface area (TPSA) is 79.8 Å². The molecule has 1 aromatic heterocycles. The Morgan fingerprint density at radius 3 is 2.80 bits per heavy atom. The fourth-order valence-electron chi connectivity index (χ4n) is 2.25. The lowest BCUT2D eigenvalue weighted by molar-refractivity contribution is -0.385. The maximum Gasteiger partial charge on any atom is 0.276 e. The highest BCUT2D eigenvalue weighted by Gasteiger charge is 2.14. The number of nitro groups is 1. The van der Waals surface area contributed by atoms with E-state index < -0.39 is 4.92 Å². The van der Waals surface area contributed by atoms with Gasteiger partial charge in [0.1, 0.15) is 11.1 Å². The molecule has 0 aliphatic rings. The second kappa shape index (κ2) is 7.38. The lowest BCUT2D eigenvalue weighted by atomic mass is 10.1. The van der Waals surface area contributed by atoms with E-state index in [-0.39, 0.29) is 5.69 Å². The van der Waals surface area contributed by atoms with Crippen LogP contribution >= 0.6 is 27.3 Å². The van der Waals surface area contributed by atoms with Crippen LogP contribution in [0.15, 0.2) is 58.4 Å². The third-order valence-corrected chi connectivity index (χ3v) is 4.78. The number of hydrogen-bond acceptors (Lipinski definition) is 5. The van der Waals surface area contributed by atoms with Crippen LogP contribution in [-0.2, 0) is 0 Å². The number of halogens is 1. The summed E-state index contributed by atoms with van der Waals surface area (Å²) in [5.41, 5.74) is 2.31. The smallest absolute Gasteiger partial charge is 0.258 e. The van der Waals surface area contributed by atoms with Gasteiger partial charge in [-0.3, -0.25) is 10.1 Å². The fourth-order valence-corrected chi connectivity index (χ4v) is 3.44. The van der Waals surface area contributed by atoms with Crippen molar-refractivity contribution < 1.29 is 4.92 Å². The van der Waals surface area contributed by atoms with Crippen molar-refractivity contribution in [1.82, 2.24) is 4.98 Å². The summed E-state index contributed by atoms with van der Waals surface area (Å²) >= 11 is 4.75. The van der Waals surface area contributed by atoms with Crippen LogP contribution < -0.4 is 0 Å².